The molecule has 0 saturated heterocycles. The normalized spacial score (nSPS) is 0. The van der Waals surface area contributed by atoms with Crippen molar-refractivity contribution in [3.05, 3.63) is 0 Å². The molecular formula is I3Np-3. The molecular weight excluding hydrogens is 618 g/mol. The van der Waals surface area contributed by atoms with E-state index in [0.29, 0.717) is 0 Å². The van der Waals surface area contributed by atoms with Crippen LogP contribution in [0.5, 0.6) is 0 Å². The topological polar surface area (TPSA) is 0 Å². The van der Waals surface area contributed by atoms with Crippen LogP contribution in [0.15, 0.2) is 0 Å². The van der Waals surface area contributed by atoms with Crippen LogP contribution in [-0.4, -0.2) is 0 Å². The maximum atomic E-state index is 0. The SMILES string of the molecule is [I-].[I-].[I-].[Np]. The largest absolute Gasteiger partial charge is 1.00 e. The standard InChI is InChI=1S/3HI.Np/h3*1H;/p-3. The molecule has 0 aromatic heterocycles. The van der Waals surface area contributed by atoms with E-state index in [4.69, 9.17) is 0 Å². The molecule has 0 fully saturated rings. The van der Waals surface area contributed by atoms with E-state index in [1.54, 1.807) is 0 Å². The van der Waals surface area contributed by atoms with Crippen molar-refractivity contribution in [2.75, 3.05) is 0 Å². The first-order chi connectivity index (χ1) is 0. The third-order valence-electron chi connectivity index (χ3n) is 0. The van der Waals surface area contributed by atoms with Crippen LogP contribution in [0, 0.1) is 29.9 Å². The van der Waals surface area contributed by atoms with Gasteiger partial charge in [0.15, 0.2) is 0 Å². The first-order valence-electron chi connectivity index (χ1n) is 0. The van der Waals surface area contributed by atoms with E-state index in [9.17, 15) is 0 Å². The maximum Gasteiger partial charge on any atom is 0 e. The molecule has 0 heterocycles. The van der Waals surface area contributed by atoms with Crippen LogP contribution >= 0.6 is 0 Å². The third kappa shape index (κ3) is 8.96. The van der Waals surface area contributed by atoms with E-state index in [0.717, 1.165) is 0 Å². The molecule has 0 nitrogen and oxygen atoms in total. The molecule has 0 N–H and O–H groups in total. The van der Waals surface area contributed by atoms with Gasteiger partial charge in [-0.05, 0) is 0 Å². The average Bonchev–Trinajstić information content (AvgIpc) is 0. The van der Waals surface area contributed by atoms with Gasteiger partial charge in [0.2, 0.25) is 0 Å². The van der Waals surface area contributed by atoms with E-state index in [2.05, 4.69) is 0 Å². The molecule has 0 rings (SSSR count). The molecule has 0 aliphatic carbocycles. The van der Waals surface area contributed by atoms with Crippen LogP contribution in [0.2, 0.25) is 0 Å². The fraction of sp³-hybridized carbons (Fsp3) is 0. The Morgan fingerprint density at radius 1 is 0.500 bits per heavy atom. The van der Waals surface area contributed by atoms with E-state index in [1.165, 1.54) is 0 Å². The minimum absolute atomic E-state index is 0. The zero-order valence-corrected chi connectivity index (χ0v) is 11.8. The van der Waals surface area contributed by atoms with Crippen molar-refractivity contribution in [2.45, 2.75) is 0 Å². The van der Waals surface area contributed by atoms with Crippen molar-refractivity contribution >= 4 is 0 Å². The Balaban J connectivity index is 0. The molecule has 4 heavy (non-hydrogen) atoms. The molecule has 0 saturated carbocycles. The molecule has 1 radical (unpaired) electrons. The molecule has 4 heteroatoms. The molecule has 29 valence electrons. The third-order valence-corrected chi connectivity index (χ3v) is 0. The van der Waals surface area contributed by atoms with Gasteiger partial charge in [-0.2, -0.15) is 0 Å². The second kappa shape index (κ2) is 16.4. The van der Waals surface area contributed by atoms with Crippen LogP contribution in [0.25, 0.3) is 0 Å². The summed E-state index contributed by atoms with van der Waals surface area (Å²) in [6.45, 7) is 0. The molecule has 0 unspecified atom stereocenters. The van der Waals surface area contributed by atoms with E-state index in [-0.39, 0.29) is 102 Å². The van der Waals surface area contributed by atoms with Crippen LogP contribution in [0.1, 0.15) is 0 Å². The summed E-state index contributed by atoms with van der Waals surface area (Å²) in [4.78, 5) is 0. The van der Waals surface area contributed by atoms with Crippen LogP contribution in [0.3, 0.4) is 0 Å². The van der Waals surface area contributed by atoms with E-state index >= 15 is 0 Å². The Morgan fingerprint density at radius 2 is 0.500 bits per heavy atom. The first kappa shape index (κ1) is 27.0. The summed E-state index contributed by atoms with van der Waals surface area (Å²) in [5.74, 6) is 0. The van der Waals surface area contributed by atoms with Gasteiger partial charge >= 0.3 is 0 Å². The molecule has 0 aromatic carbocycles. The molecule has 0 amide bonds. The number of hydrogen-bond acceptors (Lipinski definition) is 0. The molecule has 0 atom stereocenters. The monoisotopic (exact) mass is 617 g/mol. The zero-order valence-electron chi connectivity index (χ0n) is 1.58. The van der Waals surface area contributed by atoms with Gasteiger partial charge < -0.3 is 71.9 Å². The minimum atomic E-state index is 0. The van der Waals surface area contributed by atoms with E-state index in [1.807, 2.05) is 0 Å². The molecule has 0 spiro atoms. The number of rotatable bonds is 0. The van der Waals surface area contributed by atoms with Gasteiger partial charge in [-0.15, -0.1) is 0 Å². The second-order valence-corrected chi connectivity index (χ2v) is 0. The van der Waals surface area contributed by atoms with Crippen molar-refractivity contribution in [3.8, 4) is 0 Å². The maximum absolute atomic E-state index is 0. The fourth-order valence-corrected chi connectivity index (χ4v) is 0. The Bertz CT molecular complexity index is 3.25. The second-order valence-electron chi connectivity index (χ2n) is 0. The van der Waals surface area contributed by atoms with Crippen LogP contribution < -0.4 is 71.9 Å². The summed E-state index contributed by atoms with van der Waals surface area (Å²) < 4.78 is 0. The Morgan fingerprint density at radius 3 is 0.500 bits per heavy atom. The zero-order chi connectivity index (χ0) is 0. The molecule has 0 bridgehead atoms. The summed E-state index contributed by atoms with van der Waals surface area (Å²) in [6, 6.07) is 0. The molecule has 0 aromatic rings. The van der Waals surface area contributed by atoms with Crippen molar-refractivity contribution in [2.24, 2.45) is 0 Å². The Hall–Kier alpha value is 3.20. The smallest absolute Gasteiger partial charge is 0 e. The predicted molar refractivity (Wildman–Crippen MR) is 0 cm³/mol. The number of hydrogen-bond donors (Lipinski definition) is 0. The van der Waals surface area contributed by atoms with Gasteiger partial charge in [0.05, 0.1) is 0 Å². The molecule has 0 aliphatic rings. The van der Waals surface area contributed by atoms with Crippen molar-refractivity contribution < 1.29 is 102 Å². The Labute approximate surface area is 99.6 Å². The first-order valence-corrected chi connectivity index (χ1v) is 0. The Kier molecular flexibility index (Phi) is 111. The van der Waals surface area contributed by atoms with Crippen molar-refractivity contribution in [3.63, 3.8) is 0 Å². The predicted octanol–water partition coefficient (Wildman–Crippen LogP) is -8.99. The molecule has 0 aliphatic heterocycles. The van der Waals surface area contributed by atoms with Gasteiger partial charge in [-0.3, -0.25) is 0 Å². The summed E-state index contributed by atoms with van der Waals surface area (Å²) >= 11 is 0. The average molecular weight is 618 g/mol. The van der Waals surface area contributed by atoms with Gasteiger partial charge in [-0.1, -0.05) is 0 Å². The quantitative estimate of drug-likeness (QED) is 0.237. The van der Waals surface area contributed by atoms with Crippen LogP contribution in [0.4, 0.5) is 0 Å². The van der Waals surface area contributed by atoms with Crippen molar-refractivity contribution in [1.29, 1.82) is 0 Å². The van der Waals surface area contributed by atoms with Gasteiger partial charge in [-0.25, -0.2) is 0 Å². The number of halogens is 3. The summed E-state index contributed by atoms with van der Waals surface area (Å²) in [6.07, 6.45) is 0. The summed E-state index contributed by atoms with van der Waals surface area (Å²) in [5.41, 5.74) is 0. The fourth-order valence-electron chi connectivity index (χ4n) is 0. The summed E-state index contributed by atoms with van der Waals surface area (Å²) in [5, 5.41) is 0. The van der Waals surface area contributed by atoms with Gasteiger partial charge in [0, 0.05) is 29.9 Å². The minimum Gasteiger partial charge on any atom is -1.00 e. The van der Waals surface area contributed by atoms with E-state index < -0.39 is 0 Å². The van der Waals surface area contributed by atoms with Gasteiger partial charge in [0.25, 0.3) is 0 Å². The van der Waals surface area contributed by atoms with Crippen LogP contribution in [-0.2, 0) is 0 Å². The summed E-state index contributed by atoms with van der Waals surface area (Å²) in [7, 11) is 0. The van der Waals surface area contributed by atoms with Gasteiger partial charge in [0.1, 0.15) is 0 Å². The van der Waals surface area contributed by atoms with Crippen molar-refractivity contribution in [1.82, 2.24) is 0 Å².